The van der Waals surface area contributed by atoms with Gasteiger partial charge in [0.1, 0.15) is 5.69 Å². The molecule has 0 aliphatic carbocycles. The largest absolute Gasteiger partial charge is 0.492 e. The molecule has 1 aromatic heterocycles. The predicted octanol–water partition coefficient (Wildman–Crippen LogP) is 3.17. The van der Waals surface area contributed by atoms with E-state index in [-0.39, 0.29) is 23.3 Å². The van der Waals surface area contributed by atoms with Crippen LogP contribution in [0.1, 0.15) is 39.3 Å². The zero-order valence-electron chi connectivity index (χ0n) is 17.1. The number of carboxylic acids is 1. The van der Waals surface area contributed by atoms with Crippen LogP contribution in [-0.2, 0) is 4.79 Å². The van der Waals surface area contributed by atoms with Crippen molar-refractivity contribution in [1.82, 2.24) is 14.9 Å². The maximum Gasteiger partial charge on any atom is 0.306 e. The van der Waals surface area contributed by atoms with E-state index in [1.807, 2.05) is 6.07 Å². The Morgan fingerprint density at radius 1 is 0.906 bits per heavy atom. The average Bonchev–Trinajstić information content (AvgIpc) is 2.82. The smallest absolute Gasteiger partial charge is 0.306 e. The van der Waals surface area contributed by atoms with E-state index in [1.54, 1.807) is 47.4 Å². The van der Waals surface area contributed by atoms with Crippen molar-refractivity contribution in [3.05, 3.63) is 71.4 Å². The summed E-state index contributed by atoms with van der Waals surface area (Å²) in [5.74, 6) is -1.98. The molecule has 2 N–H and O–H groups in total. The predicted molar refractivity (Wildman–Crippen MR) is 117 cm³/mol. The summed E-state index contributed by atoms with van der Waals surface area (Å²) in [5.41, 5.74) is 2.18. The topological polar surface area (TPSA) is 121 Å². The van der Waals surface area contributed by atoms with Crippen LogP contribution in [0, 0.1) is 5.92 Å². The van der Waals surface area contributed by atoms with Gasteiger partial charge in [0.25, 0.3) is 5.91 Å². The summed E-state index contributed by atoms with van der Waals surface area (Å²) in [6, 6.07) is 13.4. The number of carbonyl (C=O) groups excluding carboxylic acids is 2. The maximum absolute atomic E-state index is 12.6. The lowest BCUT2D eigenvalue weighted by atomic mass is 9.96. The minimum absolute atomic E-state index is 0.181. The highest BCUT2D eigenvalue weighted by Gasteiger charge is 2.27. The first-order valence-corrected chi connectivity index (χ1v) is 10.2. The van der Waals surface area contributed by atoms with E-state index < -0.39 is 11.9 Å². The molecule has 3 aromatic rings. The van der Waals surface area contributed by atoms with Gasteiger partial charge in [-0.1, -0.05) is 24.3 Å². The van der Waals surface area contributed by atoms with Crippen LogP contribution in [0.2, 0.25) is 0 Å². The molecular weight excluding hydrogens is 410 g/mol. The van der Waals surface area contributed by atoms with Crippen LogP contribution in [0.25, 0.3) is 17.1 Å². The molecule has 2 heterocycles. The fraction of sp³-hybridized carbons (Fsp3) is 0.208. The van der Waals surface area contributed by atoms with Gasteiger partial charge in [-0.2, -0.15) is 0 Å². The highest BCUT2D eigenvalue weighted by atomic mass is 16.4. The van der Waals surface area contributed by atoms with E-state index in [0.29, 0.717) is 48.1 Å². The number of benzene rings is 2. The lowest BCUT2D eigenvalue weighted by Gasteiger charge is -2.30. The minimum atomic E-state index is -0.823. The number of likely N-dealkylation sites (tertiary alicyclic amines) is 1. The molecule has 0 radical (unpaired) electrons. The molecule has 1 aliphatic rings. The van der Waals surface area contributed by atoms with E-state index in [4.69, 9.17) is 5.11 Å². The summed E-state index contributed by atoms with van der Waals surface area (Å²) >= 11 is 0. The van der Waals surface area contributed by atoms with Crippen LogP contribution < -0.4 is 0 Å². The van der Waals surface area contributed by atoms with Gasteiger partial charge in [-0.3, -0.25) is 14.4 Å². The van der Waals surface area contributed by atoms with Gasteiger partial charge in [-0.05, 0) is 49.3 Å². The van der Waals surface area contributed by atoms with E-state index in [2.05, 4.69) is 9.97 Å². The van der Waals surface area contributed by atoms with Gasteiger partial charge >= 0.3 is 5.97 Å². The molecule has 1 amide bonds. The molecule has 1 saturated heterocycles. The molecule has 32 heavy (non-hydrogen) atoms. The fourth-order valence-corrected chi connectivity index (χ4v) is 3.66. The van der Waals surface area contributed by atoms with Gasteiger partial charge in [-0.15, -0.1) is 0 Å². The van der Waals surface area contributed by atoms with Gasteiger partial charge in [0.2, 0.25) is 5.88 Å². The van der Waals surface area contributed by atoms with Crippen molar-refractivity contribution >= 4 is 34.8 Å². The van der Waals surface area contributed by atoms with Gasteiger partial charge < -0.3 is 15.1 Å². The number of piperidine rings is 1. The van der Waals surface area contributed by atoms with Crippen molar-refractivity contribution in [3.63, 3.8) is 0 Å². The Balaban J connectivity index is 1.43. The summed E-state index contributed by atoms with van der Waals surface area (Å²) < 4.78 is 0. The van der Waals surface area contributed by atoms with Crippen molar-refractivity contribution in [2.45, 2.75) is 12.8 Å². The minimum Gasteiger partial charge on any atom is -0.492 e. The fourth-order valence-electron chi connectivity index (χ4n) is 3.66. The van der Waals surface area contributed by atoms with Crippen molar-refractivity contribution < 1.29 is 24.6 Å². The molecule has 1 aliphatic heterocycles. The number of carboxylic acid groups (broad SMARTS) is 1. The number of aromatic hydroxyl groups is 1. The Kier molecular flexibility index (Phi) is 5.93. The van der Waals surface area contributed by atoms with E-state index >= 15 is 0 Å². The van der Waals surface area contributed by atoms with Gasteiger partial charge in [0.15, 0.2) is 5.78 Å². The second-order valence-electron chi connectivity index (χ2n) is 7.60. The Morgan fingerprint density at radius 2 is 1.50 bits per heavy atom. The summed E-state index contributed by atoms with van der Waals surface area (Å²) in [5, 5.41) is 19.1. The Bertz CT molecular complexity index is 1210. The second kappa shape index (κ2) is 8.97. The van der Waals surface area contributed by atoms with Crippen LogP contribution in [0.3, 0.4) is 0 Å². The molecular formula is C24H21N3O5. The monoisotopic (exact) mass is 431 g/mol. The van der Waals surface area contributed by atoms with E-state index in [1.165, 1.54) is 12.2 Å². The Hall–Kier alpha value is -4.07. The van der Waals surface area contributed by atoms with Crippen molar-refractivity contribution in [2.24, 2.45) is 5.92 Å². The summed E-state index contributed by atoms with van der Waals surface area (Å²) in [4.78, 5) is 46.2. The Labute approximate surface area is 183 Å². The third-order valence-corrected chi connectivity index (χ3v) is 5.52. The molecule has 0 atom stereocenters. The number of nitrogens with zero attached hydrogens (tertiary/aromatic N) is 3. The van der Waals surface area contributed by atoms with Crippen molar-refractivity contribution in [1.29, 1.82) is 0 Å². The number of fused-ring (bicyclic) bond motifs is 1. The number of carbonyl (C=O) groups is 3. The third kappa shape index (κ3) is 4.49. The molecule has 162 valence electrons. The number of rotatable bonds is 5. The number of hydrogen-bond acceptors (Lipinski definition) is 6. The van der Waals surface area contributed by atoms with Crippen LogP contribution in [0.5, 0.6) is 5.88 Å². The second-order valence-corrected chi connectivity index (χ2v) is 7.60. The maximum atomic E-state index is 12.6. The quantitative estimate of drug-likeness (QED) is 0.470. The molecule has 0 saturated carbocycles. The highest BCUT2D eigenvalue weighted by molar-refractivity contribution is 6.07. The average molecular weight is 431 g/mol. The first-order chi connectivity index (χ1) is 15.4. The number of aromatic nitrogens is 2. The summed E-state index contributed by atoms with van der Waals surface area (Å²) in [7, 11) is 0. The molecule has 8 nitrogen and oxygen atoms in total. The molecule has 2 aromatic carbocycles. The molecule has 0 unspecified atom stereocenters. The number of ketones is 1. The van der Waals surface area contributed by atoms with Crippen LogP contribution in [-0.4, -0.2) is 55.8 Å². The van der Waals surface area contributed by atoms with Crippen molar-refractivity contribution in [3.8, 4) is 5.88 Å². The Morgan fingerprint density at radius 3 is 2.12 bits per heavy atom. The molecule has 4 rings (SSSR count). The third-order valence-electron chi connectivity index (χ3n) is 5.52. The summed E-state index contributed by atoms with van der Waals surface area (Å²) in [6.45, 7) is 0.797. The first-order valence-electron chi connectivity index (χ1n) is 10.2. The molecule has 0 bridgehead atoms. The lowest BCUT2D eigenvalue weighted by Crippen LogP contribution is -2.40. The van der Waals surface area contributed by atoms with Gasteiger partial charge in [0.05, 0.1) is 17.0 Å². The van der Waals surface area contributed by atoms with Crippen LogP contribution in [0.15, 0.2) is 54.6 Å². The molecule has 1 fully saturated rings. The number of amides is 1. The number of hydrogen-bond donors (Lipinski definition) is 2. The SMILES string of the molecule is O=C(C=Cc1nc2ccccc2nc1O)c1ccc(C(=O)N2CCC(C(=O)O)CC2)cc1. The zero-order valence-corrected chi connectivity index (χ0v) is 17.1. The molecule has 0 spiro atoms. The van der Waals surface area contributed by atoms with E-state index in [0.717, 1.165) is 0 Å². The number of para-hydroxylation sites is 2. The number of aliphatic carboxylic acids is 1. The lowest BCUT2D eigenvalue weighted by molar-refractivity contribution is -0.143. The zero-order chi connectivity index (χ0) is 22.7. The van der Waals surface area contributed by atoms with E-state index in [9.17, 15) is 19.5 Å². The summed E-state index contributed by atoms with van der Waals surface area (Å²) in [6.07, 6.45) is 3.58. The molecule has 8 heteroatoms. The first kappa shape index (κ1) is 21.2. The highest BCUT2D eigenvalue weighted by Crippen LogP contribution is 2.21. The van der Waals surface area contributed by atoms with Gasteiger partial charge in [-0.25, -0.2) is 9.97 Å². The van der Waals surface area contributed by atoms with Gasteiger partial charge in [0, 0.05) is 24.2 Å². The normalized spacial score (nSPS) is 14.7. The van der Waals surface area contributed by atoms with Crippen molar-refractivity contribution in [2.75, 3.05) is 13.1 Å². The van der Waals surface area contributed by atoms with Crippen LogP contribution in [0.4, 0.5) is 0 Å². The van der Waals surface area contributed by atoms with Crippen LogP contribution >= 0.6 is 0 Å². The standard InChI is InChI=1S/C24H21N3O5/c28-21(10-9-20-22(29)26-19-4-2-1-3-18(19)25-20)15-5-7-16(8-6-15)23(30)27-13-11-17(12-14-27)24(31)32/h1-10,17H,11-14H2,(H,26,29)(H,31,32). The number of allylic oxidation sites excluding steroid dienone is 1.